The van der Waals surface area contributed by atoms with Crippen molar-refractivity contribution in [1.82, 2.24) is 4.90 Å². The number of unbranched alkanes of at least 4 members (excludes halogenated alkanes) is 1. The summed E-state index contributed by atoms with van der Waals surface area (Å²) in [5.74, 6) is 0.299. The van der Waals surface area contributed by atoms with E-state index in [1.807, 2.05) is 0 Å². The number of nitrogens with zero attached hydrogens (tertiary/aromatic N) is 1. The number of ether oxygens (including phenoxy) is 1. The van der Waals surface area contributed by atoms with Crippen molar-refractivity contribution < 1.29 is 4.74 Å². The van der Waals surface area contributed by atoms with Crippen LogP contribution in [0.15, 0.2) is 0 Å². The number of morpholine rings is 1. The van der Waals surface area contributed by atoms with Gasteiger partial charge >= 0.3 is 0 Å². The largest absolute Gasteiger partial charge is 0.388 e. The number of hydrogen-bond acceptors (Lipinski definition) is 3. The zero-order valence-corrected chi connectivity index (χ0v) is 11.7. The Bertz CT molecular complexity index is 258. The predicted octanol–water partition coefficient (Wildman–Crippen LogP) is 1.98. The first-order chi connectivity index (χ1) is 7.70. The van der Waals surface area contributed by atoms with Crippen molar-refractivity contribution in [1.29, 1.82) is 5.41 Å². The van der Waals surface area contributed by atoms with Gasteiger partial charge in [-0.15, -0.1) is 0 Å². The normalized spacial score (nSPS) is 23.5. The summed E-state index contributed by atoms with van der Waals surface area (Å²) in [5, 5.41) is 7.19. The molecule has 0 unspecified atom stereocenters. The Morgan fingerprint density at radius 1 is 1.18 bits per heavy atom. The van der Waals surface area contributed by atoms with Gasteiger partial charge in [0, 0.05) is 19.5 Å². The Morgan fingerprint density at radius 3 is 2.18 bits per heavy atom. The van der Waals surface area contributed by atoms with Gasteiger partial charge in [0.25, 0.3) is 0 Å². The molecule has 0 aromatic rings. The van der Waals surface area contributed by atoms with Crippen LogP contribution in [0, 0.1) is 5.41 Å². The summed E-state index contributed by atoms with van der Waals surface area (Å²) >= 11 is 0. The molecule has 1 aliphatic heterocycles. The van der Waals surface area contributed by atoms with E-state index in [2.05, 4.69) is 32.6 Å². The second-order valence-electron chi connectivity index (χ2n) is 6.31. The third-order valence-corrected chi connectivity index (χ3v) is 2.93. The molecule has 1 saturated heterocycles. The quantitative estimate of drug-likeness (QED) is 0.439. The van der Waals surface area contributed by atoms with Crippen molar-refractivity contribution in [2.45, 2.75) is 58.2 Å². The van der Waals surface area contributed by atoms with Crippen LogP contribution >= 0.6 is 0 Å². The highest BCUT2D eigenvalue weighted by Gasteiger charge is 2.37. The summed E-state index contributed by atoms with van der Waals surface area (Å²) in [4.78, 5) is 2.46. The zero-order valence-electron chi connectivity index (χ0n) is 11.7. The molecular weight excluding hydrogens is 214 g/mol. The van der Waals surface area contributed by atoms with Crippen molar-refractivity contribution in [2.24, 2.45) is 5.73 Å². The van der Waals surface area contributed by atoms with Crippen LogP contribution in [0.3, 0.4) is 0 Å². The second-order valence-corrected chi connectivity index (χ2v) is 6.31. The van der Waals surface area contributed by atoms with E-state index in [0.717, 1.165) is 38.9 Å². The Kier molecular flexibility index (Phi) is 4.55. The maximum absolute atomic E-state index is 7.19. The second kappa shape index (κ2) is 5.36. The highest BCUT2D eigenvalue weighted by Crippen LogP contribution is 2.28. The highest BCUT2D eigenvalue weighted by atomic mass is 16.5. The van der Waals surface area contributed by atoms with Crippen LogP contribution in [-0.2, 0) is 4.74 Å². The lowest BCUT2D eigenvalue weighted by Gasteiger charge is -2.47. The fourth-order valence-corrected chi connectivity index (χ4v) is 2.75. The maximum Gasteiger partial charge on any atom is 0.0905 e. The lowest BCUT2D eigenvalue weighted by atomic mass is 9.98. The minimum absolute atomic E-state index is 0.0671. The molecule has 0 aliphatic carbocycles. The summed E-state index contributed by atoms with van der Waals surface area (Å²) in [6, 6.07) is 0. The molecule has 4 heteroatoms. The van der Waals surface area contributed by atoms with E-state index in [0.29, 0.717) is 5.84 Å². The number of rotatable bonds is 5. The SMILES string of the molecule is CC1(C)CN(CCCCC(=N)N)CC(C)(C)O1. The van der Waals surface area contributed by atoms with E-state index in [9.17, 15) is 0 Å². The van der Waals surface area contributed by atoms with Crippen LogP contribution in [0.5, 0.6) is 0 Å². The Hall–Kier alpha value is -0.610. The average molecular weight is 241 g/mol. The van der Waals surface area contributed by atoms with Gasteiger partial charge in [-0.05, 0) is 47.1 Å². The van der Waals surface area contributed by atoms with Gasteiger partial charge in [-0.1, -0.05) is 0 Å². The summed E-state index contributed by atoms with van der Waals surface area (Å²) in [7, 11) is 0. The predicted molar refractivity (Wildman–Crippen MR) is 71.4 cm³/mol. The fourth-order valence-electron chi connectivity index (χ4n) is 2.75. The monoisotopic (exact) mass is 241 g/mol. The molecule has 3 N–H and O–H groups in total. The van der Waals surface area contributed by atoms with E-state index in [1.54, 1.807) is 0 Å². The smallest absolute Gasteiger partial charge is 0.0905 e. The summed E-state index contributed by atoms with van der Waals surface area (Å²) in [5.41, 5.74) is 5.21. The van der Waals surface area contributed by atoms with Crippen LogP contribution in [0.1, 0.15) is 47.0 Å². The number of nitrogens with two attached hydrogens (primary N) is 1. The Morgan fingerprint density at radius 2 is 1.71 bits per heavy atom. The van der Waals surface area contributed by atoms with Gasteiger partial charge in [-0.2, -0.15) is 0 Å². The minimum atomic E-state index is -0.0671. The van der Waals surface area contributed by atoms with Crippen molar-refractivity contribution in [2.75, 3.05) is 19.6 Å². The molecule has 0 aromatic carbocycles. The first-order valence-corrected chi connectivity index (χ1v) is 6.46. The molecule has 4 nitrogen and oxygen atoms in total. The van der Waals surface area contributed by atoms with Crippen LogP contribution in [0.2, 0.25) is 0 Å². The first-order valence-electron chi connectivity index (χ1n) is 6.46. The number of hydrogen-bond donors (Lipinski definition) is 2. The van der Waals surface area contributed by atoms with Gasteiger partial charge in [-0.25, -0.2) is 0 Å². The van der Waals surface area contributed by atoms with E-state index in [4.69, 9.17) is 15.9 Å². The molecule has 1 aliphatic rings. The molecule has 17 heavy (non-hydrogen) atoms. The topological polar surface area (TPSA) is 62.3 Å². The molecule has 0 bridgehead atoms. The molecule has 1 fully saturated rings. The highest BCUT2D eigenvalue weighted by molar-refractivity contribution is 5.76. The van der Waals surface area contributed by atoms with Crippen LogP contribution in [-0.4, -0.2) is 41.6 Å². The van der Waals surface area contributed by atoms with Crippen molar-refractivity contribution in [3.8, 4) is 0 Å². The molecule has 0 radical (unpaired) electrons. The van der Waals surface area contributed by atoms with Gasteiger partial charge in [0.05, 0.1) is 17.0 Å². The maximum atomic E-state index is 7.19. The molecule has 0 spiro atoms. The third kappa shape index (κ3) is 5.50. The van der Waals surface area contributed by atoms with Gasteiger partial charge in [-0.3, -0.25) is 10.3 Å². The molecule has 0 aromatic heterocycles. The fraction of sp³-hybridized carbons (Fsp3) is 0.923. The third-order valence-electron chi connectivity index (χ3n) is 2.93. The van der Waals surface area contributed by atoms with E-state index in [1.165, 1.54) is 0 Å². The molecular formula is C13H27N3O. The molecule has 0 saturated carbocycles. The van der Waals surface area contributed by atoms with Gasteiger partial charge in [0.15, 0.2) is 0 Å². The van der Waals surface area contributed by atoms with E-state index >= 15 is 0 Å². The van der Waals surface area contributed by atoms with Gasteiger partial charge < -0.3 is 10.5 Å². The van der Waals surface area contributed by atoms with Crippen LogP contribution < -0.4 is 5.73 Å². The van der Waals surface area contributed by atoms with Gasteiger partial charge in [0.1, 0.15) is 0 Å². The first kappa shape index (κ1) is 14.5. The van der Waals surface area contributed by atoms with Gasteiger partial charge in [0.2, 0.25) is 0 Å². The molecule has 100 valence electrons. The Labute approximate surface area is 105 Å². The summed E-state index contributed by atoms with van der Waals surface area (Å²) < 4.78 is 6.04. The molecule has 0 atom stereocenters. The van der Waals surface area contributed by atoms with Crippen molar-refractivity contribution in [3.63, 3.8) is 0 Å². The summed E-state index contributed by atoms with van der Waals surface area (Å²) in [6.07, 6.45) is 2.83. The van der Waals surface area contributed by atoms with E-state index in [-0.39, 0.29) is 11.2 Å². The Balaban J connectivity index is 2.35. The minimum Gasteiger partial charge on any atom is -0.388 e. The lowest BCUT2D eigenvalue weighted by molar-refractivity contribution is -0.180. The number of nitrogens with one attached hydrogen (secondary N) is 1. The molecule has 0 amide bonds. The number of amidine groups is 1. The molecule has 1 rings (SSSR count). The van der Waals surface area contributed by atoms with Crippen LogP contribution in [0.25, 0.3) is 0 Å². The van der Waals surface area contributed by atoms with Crippen LogP contribution in [0.4, 0.5) is 0 Å². The molecule has 1 heterocycles. The van der Waals surface area contributed by atoms with E-state index < -0.39 is 0 Å². The summed E-state index contributed by atoms with van der Waals surface area (Å²) in [6.45, 7) is 11.6. The van der Waals surface area contributed by atoms with Crippen molar-refractivity contribution >= 4 is 5.84 Å². The lowest BCUT2D eigenvalue weighted by Crippen LogP contribution is -2.57. The van der Waals surface area contributed by atoms with Crippen molar-refractivity contribution in [3.05, 3.63) is 0 Å². The zero-order chi connectivity index (χ0) is 13.1. The average Bonchev–Trinajstić information content (AvgIpc) is 2.06. The standard InChI is InChI=1S/C13H27N3O/c1-12(2)9-16(10-13(3,4)17-12)8-6-5-7-11(14)15/h5-10H2,1-4H3,(H3,14,15).